The Bertz CT molecular complexity index is 1470. The molecule has 0 saturated carbocycles. The van der Waals surface area contributed by atoms with Crippen molar-refractivity contribution < 1.29 is 83.1 Å². The average molecular weight is 816 g/mol. The second-order valence-electron chi connectivity index (χ2n) is 13.3. The molecule has 57 heavy (non-hydrogen) atoms. The first-order valence-electron chi connectivity index (χ1n) is 18.2. The third-order valence-electron chi connectivity index (χ3n) is 8.80. The molecule has 22 nitrogen and oxygen atoms in total. The number of amides is 5. The van der Waals surface area contributed by atoms with Crippen molar-refractivity contribution in [3.05, 3.63) is 35.9 Å². The fourth-order valence-electron chi connectivity index (χ4n) is 5.87. The number of nitrogens with one attached hydrogen (secondary N) is 5. The lowest BCUT2D eigenvalue weighted by molar-refractivity contribution is -0.268. The fraction of sp³-hybridized carbons (Fsp3) is 0.657. The Hall–Kier alpha value is -4.36. The number of ether oxygens (including phenoxy) is 5. The molecular weight excluding hydrogens is 762 g/mol. The summed E-state index contributed by atoms with van der Waals surface area (Å²) in [6.45, 7) is -0.912. The van der Waals surface area contributed by atoms with Crippen molar-refractivity contribution in [3.8, 4) is 0 Å². The summed E-state index contributed by atoms with van der Waals surface area (Å²) in [7, 11) is 0. The van der Waals surface area contributed by atoms with Gasteiger partial charge in [-0.3, -0.25) is 28.8 Å². The van der Waals surface area contributed by atoms with E-state index < -0.39 is 136 Å². The number of unbranched alkanes of at least 4 members (excludes halogenated alkanes) is 1. The predicted octanol–water partition coefficient (Wildman–Crippen LogP) is -5.46. The molecule has 320 valence electrons. The van der Waals surface area contributed by atoms with Crippen LogP contribution in [0.4, 0.5) is 0 Å². The molecule has 1 aromatic rings. The molecule has 3 rings (SSSR count). The lowest BCUT2D eigenvalue weighted by Crippen LogP contribution is -2.64. The van der Waals surface area contributed by atoms with E-state index in [1.807, 2.05) is 0 Å². The number of benzene rings is 1. The van der Waals surface area contributed by atoms with Crippen LogP contribution < -0.4 is 26.6 Å². The van der Waals surface area contributed by atoms with Crippen LogP contribution in [0.5, 0.6) is 0 Å². The van der Waals surface area contributed by atoms with E-state index in [4.69, 9.17) is 23.7 Å². The molecule has 11 atom stereocenters. The molecule has 2 heterocycles. The summed E-state index contributed by atoms with van der Waals surface area (Å²) in [5, 5.41) is 72.5. The van der Waals surface area contributed by atoms with Crippen LogP contribution in [0.2, 0.25) is 0 Å². The molecule has 22 heteroatoms. The molecule has 0 aliphatic carbocycles. The van der Waals surface area contributed by atoms with Crippen molar-refractivity contribution in [3.63, 3.8) is 0 Å². The van der Waals surface area contributed by atoms with Crippen molar-refractivity contribution in [1.29, 1.82) is 0 Å². The minimum Gasteiger partial charge on any atom is -0.460 e. The molecular formula is C35H53N5O17. The smallest absolute Gasteiger partial charge is 0.325 e. The van der Waals surface area contributed by atoms with Crippen LogP contribution in [-0.4, -0.2) is 173 Å². The minimum atomic E-state index is -1.62. The van der Waals surface area contributed by atoms with E-state index in [-0.39, 0.29) is 32.4 Å². The molecule has 0 radical (unpaired) electrons. The van der Waals surface area contributed by atoms with Gasteiger partial charge in [0.2, 0.25) is 29.5 Å². The molecule has 0 unspecified atom stereocenters. The number of aliphatic hydroxyl groups excluding tert-OH is 6. The Morgan fingerprint density at radius 2 is 1.25 bits per heavy atom. The summed E-state index contributed by atoms with van der Waals surface area (Å²) in [6, 6.07) is 5.03. The standard InChI is InChI=1S/C35H53N5O17/c1-18(43)38-27-31(50)29(48)22(13-41)56-34(27)54-16-24(45)36-11-7-6-10-21(33(52)37-12-26(47)53-15-20-8-4-3-5-9-20)40-25(46)17-55-35-28(39-19(2)44)32(51)30(49)23(14-42)57-35/h3-5,8-9,21-23,27-32,34-35,41-42,48-51H,6-7,10-17H2,1-2H3,(H,36,45)(H,37,52)(H,38,43)(H,39,44)(H,40,46)/t21-,22+,23+,27+,28+,29+,30+,31+,32+,34+,35+/m0/s1. The Morgan fingerprint density at radius 1 is 0.719 bits per heavy atom. The second kappa shape index (κ2) is 23.8. The van der Waals surface area contributed by atoms with Gasteiger partial charge in [0.15, 0.2) is 12.6 Å². The summed E-state index contributed by atoms with van der Waals surface area (Å²) in [4.78, 5) is 74.4. The molecule has 2 saturated heterocycles. The van der Waals surface area contributed by atoms with Gasteiger partial charge < -0.3 is 80.9 Å². The highest BCUT2D eigenvalue weighted by atomic mass is 16.7. The Balaban J connectivity index is 1.54. The Labute approximate surface area is 327 Å². The van der Waals surface area contributed by atoms with Gasteiger partial charge in [0.1, 0.15) is 81.1 Å². The first kappa shape index (κ1) is 47.0. The van der Waals surface area contributed by atoms with Crippen LogP contribution in [-0.2, 0) is 59.1 Å². The predicted molar refractivity (Wildman–Crippen MR) is 191 cm³/mol. The van der Waals surface area contributed by atoms with Gasteiger partial charge in [-0.1, -0.05) is 30.3 Å². The highest BCUT2D eigenvalue weighted by molar-refractivity contribution is 5.90. The number of carbonyl (C=O) groups is 6. The van der Waals surface area contributed by atoms with Gasteiger partial charge in [-0.25, -0.2) is 0 Å². The summed E-state index contributed by atoms with van der Waals surface area (Å²) >= 11 is 0. The van der Waals surface area contributed by atoms with Gasteiger partial charge in [0.05, 0.1) is 13.2 Å². The van der Waals surface area contributed by atoms with Crippen LogP contribution in [0, 0.1) is 0 Å². The van der Waals surface area contributed by atoms with Crippen molar-refractivity contribution in [1.82, 2.24) is 26.6 Å². The first-order chi connectivity index (χ1) is 27.1. The van der Waals surface area contributed by atoms with Gasteiger partial charge in [0.25, 0.3) is 0 Å². The molecule has 2 fully saturated rings. The van der Waals surface area contributed by atoms with E-state index in [9.17, 15) is 59.4 Å². The topological polar surface area (TPSA) is 330 Å². The van der Waals surface area contributed by atoms with E-state index in [1.54, 1.807) is 30.3 Å². The molecule has 5 amide bonds. The summed E-state index contributed by atoms with van der Waals surface area (Å²) < 4.78 is 27.0. The number of rotatable bonds is 21. The van der Waals surface area contributed by atoms with E-state index >= 15 is 0 Å². The zero-order chi connectivity index (χ0) is 42.1. The highest BCUT2D eigenvalue weighted by Gasteiger charge is 2.46. The Morgan fingerprint density at radius 3 is 1.75 bits per heavy atom. The van der Waals surface area contributed by atoms with Gasteiger partial charge in [-0.15, -0.1) is 0 Å². The first-order valence-corrected chi connectivity index (χ1v) is 18.2. The Kier molecular flexibility index (Phi) is 19.6. The van der Waals surface area contributed by atoms with Crippen molar-refractivity contribution in [2.75, 3.05) is 39.5 Å². The second-order valence-corrected chi connectivity index (χ2v) is 13.3. The number of esters is 1. The van der Waals surface area contributed by atoms with Gasteiger partial charge in [0, 0.05) is 20.4 Å². The number of carbonyl (C=O) groups excluding carboxylic acids is 6. The molecule has 0 aromatic heterocycles. The van der Waals surface area contributed by atoms with Gasteiger partial charge >= 0.3 is 5.97 Å². The molecule has 11 N–H and O–H groups in total. The lowest BCUT2D eigenvalue weighted by Gasteiger charge is -2.42. The van der Waals surface area contributed by atoms with E-state index in [1.165, 1.54) is 6.92 Å². The van der Waals surface area contributed by atoms with Crippen molar-refractivity contribution in [2.24, 2.45) is 0 Å². The van der Waals surface area contributed by atoms with Crippen molar-refractivity contribution >= 4 is 35.5 Å². The molecule has 2 aliphatic heterocycles. The largest absolute Gasteiger partial charge is 0.460 e. The highest BCUT2D eigenvalue weighted by Crippen LogP contribution is 2.23. The van der Waals surface area contributed by atoms with Crippen LogP contribution in [0.3, 0.4) is 0 Å². The SMILES string of the molecule is CC(=O)N[C@H]1[C@H](OCC(=O)NCCCC[C@H](NC(=O)CO[C@@H]2O[C@H](CO)[C@@H](O)[C@H](O)[C@H]2NC(C)=O)C(=O)NCC(=O)OCc2ccccc2)O[C@H](CO)[C@@H](O)[C@@H]1O. The summed E-state index contributed by atoms with van der Waals surface area (Å²) in [5.74, 6) is -4.15. The van der Waals surface area contributed by atoms with Gasteiger partial charge in [-0.05, 0) is 24.8 Å². The number of hydrogen-bond acceptors (Lipinski definition) is 17. The average Bonchev–Trinajstić information content (AvgIpc) is 3.18. The zero-order valence-corrected chi connectivity index (χ0v) is 31.5. The minimum absolute atomic E-state index is 0.00597. The van der Waals surface area contributed by atoms with E-state index in [0.29, 0.717) is 0 Å². The normalized spacial score (nSPS) is 27.6. The van der Waals surface area contributed by atoms with Crippen molar-refractivity contribution in [2.45, 2.75) is 107 Å². The maximum absolute atomic E-state index is 13.2. The number of hydrogen-bond donors (Lipinski definition) is 11. The summed E-state index contributed by atoms with van der Waals surface area (Å²) in [6.07, 6.45) is -11.2. The maximum atomic E-state index is 13.2. The van der Waals surface area contributed by atoms with Crippen LogP contribution in [0.25, 0.3) is 0 Å². The fourth-order valence-corrected chi connectivity index (χ4v) is 5.87. The third-order valence-corrected chi connectivity index (χ3v) is 8.80. The zero-order valence-electron chi connectivity index (χ0n) is 31.5. The molecule has 2 aliphatic rings. The third kappa shape index (κ3) is 15.2. The lowest BCUT2D eigenvalue weighted by atomic mass is 9.97. The van der Waals surface area contributed by atoms with Crippen LogP contribution in [0.1, 0.15) is 38.7 Å². The molecule has 0 spiro atoms. The van der Waals surface area contributed by atoms with Crippen LogP contribution in [0.15, 0.2) is 30.3 Å². The number of aliphatic hydroxyl groups is 6. The monoisotopic (exact) mass is 815 g/mol. The quantitative estimate of drug-likeness (QED) is 0.0407. The molecule has 0 bridgehead atoms. The molecule has 1 aromatic carbocycles. The van der Waals surface area contributed by atoms with E-state index in [2.05, 4.69) is 26.6 Å². The maximum Gasteiger partial charge on any atom is 0.325 e. The van der Waals surface area contributed by atoms with E-state index in [0.717, 1.165) is 12.5 Å². The summed E-state index contributed by atoms with van der Waals surface area (Å²) in [5.41, 5.74) is 0.724. The van der Waals surface area contributed by atoms with Gasteiger partial charge in [-0.2, -0.15) is 0 Å². The van der Waals surface area contributed by atoms with Crippen LogP contribution >= 0.6 is 0 Å².